The summed E-state index contributed by atoms with van der Waals surface area (Å²) in [6, 6.07) is 1.04. The summed E-state index contributed by atoms with van der Waals surface area (Å²) < 4.78 is 46.4. The highest BCUT2D eigenvalue weighted by molar-refractivity contribution is 4.98. The predicted octanol–water partition coefficient (Wildman–Crippen LogP) is 2.21. The van der Waals surface area contributed by atoms with Crippen LogP contribution in [0, 0.1) is 23.7 Å². The number of rotatable bonds is 2. The van der Waals surface area contributed by atoms with Crippen LogP contribution in [0.5, 0.6) is 0 Å². The molecule has 0 N–H and O–H groups in total. The van der Waals surface area contributed by atoms with Crippen molar-refractivity contribution in [3.05, 3.63) is 6.43 Å². The number of alkyl halides is 2. The summed E-state index contributed by atoms with van der Waals surface area (Å²) in [5, 5.41) is 7.84. The van der Waals surface area contributed by atoms with Gasteiger partial charge in [0.2, 0.25) is 0 Å². The molecule has 0 amide bonds. The van der Waals surface area contributed by atoms with E-state index >= 15 is 0 Å². The van der Waals surface area contributed by atoms with Crippen molar-refractivity contribution < 1.29 is 17.6 Å². The Balaban J connectivity index is 4.27. The standard InChI is InChI=1S/C5H4F4N/c1-3(2-10)5(8,9)4(6)7/h3H,1H3. The van der Waals surface area contributed by atoms with Crippen LogP contribution in [0.1, 0.15) is 6.92 Å². The molecule has 0 aromatic carbocycles. The molecule has 1 unspecified atom stereocenters. The number of hydrogen-bond acceptors (Lipinski definition) is 1. The first-order chi connectivity index (χ1) is 4.42. The third-order valence-corrected chi connectivity index (χ3v) is 0.989. The summed E-state index contributed by atoms with van der Waals surface area (Å²) in [4.78, 5) is 0. The fraction of sp³-hybridized carbons (Fsp3) is 0.600. The lowest BCUT2D eigenvalue weighted by atomic mass is 10.1. The minimum atomic E-state index is -4.27. The quantitative estimate of drug-likeness (QED) is 0.559. The second-order valence-electron chi connectivity index (χ2n) is 1.73. The molecular weight excluding hydrogens is 150 g/mol. The molecule has 0 fully saturated rings. The first kappa shape index (κ1) is 9.21. The smallest absolute Gasteiger partial charge is 0.198 e. The summed E-state index contributed by atoms with van der Waals surface area (Å²) in [5.41, 5.74) is 0. The van der Waals surface area contributed by atoms with E-state index in [0.717, 1.165) is 13.0 Å². The van der Waals surface area contributed by atoms with E-state index in [2.05, 4.69) is 0 Å². The Kier molecular flexibility index (Phi) is 2.64. The molecule has 10 heavy (non-hydrogen) atoms. The van der Waals surface area contributed by atoms with Gasteiger partial charge in [-0.1, -0.05) is 0 Å². The lowest BCUT2D eigenvalue weighted by molar-refractivity contribution is -0.0843. The minimum Gasteiger partial charge on any atom is -0.198 e. The number of hydrogen-bond donors (Lipinski definition) is 0. The van der Waals surface area contributed by atoms with Crippen LogP contribution in [0.4, 0.5) is 17.6 Å². The average Bonchev–Trinajstić information content (AvgIpc) is 1.86. The third-order valence-electron chi connectivity index (χ3n) is 0.989. The van der Waals surface area contributed by atoms with Gasteiger partial charge in [-0.3, -0.25) is 0 Å². The van der Waals surface area contributed by atoms with Crippen LogP contribution in [0.15, 0.2) is 0 Å². The molecule has 1 nitrogen and oxygen atoms in total. The van der Waals surface area contributed by atoms with E-state index in [0.29, 0.717) is 0 Å². The molecule has 0 aliphatic heterocycles. The number of nitriles is 1. The van der Waals surface area contributed by atoms with E-state index in [1.807, 2.05) is 0 Å². The zero-order valence-corrected chi connectivity index (χ0v) is 5.04. The van der Waals surface area contributed by atoms with Crippen molar-refractivity contribution in [3.8, 4) is 6.07 Å². The van der Waals surface area contributed by atoms with E-state index in [1.54, 1.807) is 0 Å². The summed E-state index contributed by atoms with van der Waals surface area (Å²) in [6.07, 6.45) is -3.01. The summed E-state index contributed by atoms with van der Waals surface area (Å²) >= 11 is 0. The van der Waals surface area contributed by atoms with Gasteiger partial charge in [0.05, 0.1) is 6.07 Å². The Hall–Kier alpha value is -0.790. The number of halogens is 4. The SMILES string of the molecule is CC(C#N)C(F)(F)[C](F)F. The van der Waals surface area contributed by atoms with Gasteiger partial charge in [0.25, 0.3) is 0 Å². The van der Waals surface area contributed by atoms with Crippen LogP contribution >= 0.6 is 0 Å². The molecule has 1 radical (unpaired) electrons. The van der Waals surface area contributed by atoms with Crippen molar-refractivity contribution in [2.75, 3.05) is 0 Å². The first-order valence-electron chi connectivity index (χ1n) is 2.38. The third kappa shape index (κ3) is 1.59. The van der Waals surface area contributed by atoms with Crippen molar-refractivity contribution in [2.45, 2.75) is 12.8 Å². The molecule has 57 valence electrons. The fourth-order valence-electron chi connectivity index (χ4n) is 0.245. The largest absolute Gasteiger partial charge is 0.379 e. The fourth-order valence-corrected chi connectivity index (χ4v) is 0.245. The van der Waals surface area contributed by atoms with Crippen molar-refractivity contribution in [2.24, 2.45) is 5.92 Å². The molecule has 0 aromatic rings. The monoisotopic (exact) mass is 154 g/mol. The van der Waals surface area contributed by atoms with E-state index < -0.39 is 18.3 Å². The van der Waals surface area contributed by atoms with Crippen LogP contribution in [0.25, 0.3) is 0 Å². The number of nitrogens with zero attached hydrogens (tertiary/aromatic N) is 1. The van der Waals surface area contributed by atoms with Gasteiger partial charge in [-0.2, -0.15) is 22.8 Å². The highest BCUT2D eigenvalue weighted by Gasteiger charge is 2.48. The minimum absolute atomic E-state index is 0.735. The van der Waals surface area contributed by atoms with E-state index in [4.69, 9.17) is 5.26 Å². The van der Waals surface area contributed by atoms with Crippen molar-refractivity contribution >= 4 is 0 Å². The summed E-state index contributed by atoms with van der Waals surface area (Å²) in [6.45, 7) is 0.735. The van der Waals surface area contributed by atoms with Crippen molar-refractivity contribution in [3.63, 3.8) is 0 Å². The highest BCUT2D eigenvalue weighted by Crippen LogP contribution is 2.35. The van der Waals surface area contributed by atoms with Crippen LogP contribution < -0.4 is 0 Å². The summed E-state index contributed by atoms with van der Waals surface area (Å²) in [5.74, 6) is -6.24. The van der Waals surface area contributed by atoms with E-state index in [1.165, 1.54) is 0 Å². The lowest BCUT2D eigenvalue weighted by Gasteiger charge is -2.14. The van der Waals surface area contributed by atoms with E-state index in [9.17, 15) is 17.6 Å². The molecule has 0 heterocycles. The van der Waals surface area contributed by atoms with E-state index in [-0.39, 0.29) is 0 Å². The average molecular weight is 154 g/mol. The Labute approximate surface area is 55.3 Å². The second-order valence-corrected chi connectivity index (χ2v) is 1.73. The zero-order chi connectivity index (χ0) is 8.36. The molecule has 0 aliphatic rings. The van der Waals surface area contributed by atoms with Crippen LogP contribution in [0.3, 0.4) is 0 Å². The first-order valence-corrected chi connectivity index (χ1v) is 2.38. The zero-order valence-electron chi connectivity index (χ0n) is 5.04. The van der Waals surface area contributed by atoms with Gasteiger partial charge in [0.15, 0.2) is 0 Å². The Morgan fingerprint density at radius 1 is 1.50 bits per heavy atom. The molecule has 0 rings (SSSR count). The van der Waals surface area contributed by atoms with Gasteiger partial charge in [-0.05, 0) is 6.92 Å². The Morgan fingerprint density at radius 2 is 1.90 bits per heavy atom. The van der Waals surface area contributed by atoms with Crippen LogP contribution in [-0.2, 0) is 0 Å². The maximum atomic E-state index is 11.9. The van der Waals surface area contributed by atoms with Crippen LogP contribution in [0.2, 0.25) is 0 Å². The Bertz CT molecular complexity index is 148. The molecule has 0 spiro atoms. The molecule has 0 bridgehead atoms. The predicted molar refractivity (Wildman–Crippen MR) is 25.2 cm³/mol. The van der Waals surface area contributed by atoms with Gasteiger partial charge in [0.1, 0.15) is 5.92 Å². The molecule has 0 saturated carbocycles. The van der Waals surface area contributed by atoms with Crippen LogP contribution in [-0.4, -0.2) is 5.92 Å². The van der Waals surface area contributed by atoms with Crippen molar-refractivity contribution in [1.82, 2.24) is 0 Å². The maximum absolute atomic E-state index is 11.9. The van der Waals surface area contributed by atoms with Crippen molar-refractivity contribution in [1.29, 1.82) is 5.26 Å². The molecule has 0 aliphatic carbocycles. The summed E-state index contributed by atoms with van der Waals surface area (Å²) in [7, 11) is 0. The second kappa shape index (κ2) is 2.86. The van der Waals surface area contributed by atoms with Gasteiger partial charge < -0.3 is 0 Å². The van der Waals surface area contributed by atoms with Gasteiger partial charge >= 0.3 is 12.3 Å². The van der Waals surface area contributed by atoms with Gasteiger partial charge in [-0.25, -0.2) is 0 Å². The maximum Gasteiger partial charge on any atom is 0.379 e. The molecular formula is C5H4F4N. The van der Waals surface area contributed by atoms with Gasteiger partial charge in [-0.15, -0.1) is 0 Å². The normalized spacial score (nSPS) is 14.9. The molecule has 1 atom stereocenters. The topological polar surface area (TPSA) is 23.8 Å². The lowest BCUT2D eigenvalue weighted by Crippen LogP contribution is -2.28. The molecule has 0 aromatic heterocycles. The van der Waals surface area contributed by atoms with Gasteiger partial charge in [0, 0.05) is 0 Å². The highest BCUT2D eigenvalue weighted by atomic mass is 19.3. The molecule has 5 heteroatoms. The molecule has 0 saturated heterocycles. The Morgan fingerprint density at radius 3 is 2.00 bits per heavy atom.